The van der Waals surface area contributed by atoms with Crippen LogP contribution in [0.15, 0.2) is 9.98 Å². The summed E-state index contributed by atoms with van der Waals surface area (Å²) < 4.78 is 189. The van der Waals surface area contributed by atoms with E-state index in [4.69, 9.17) is 17.1 Å². The third-order valence-electron chi connectivity index (χ3n) is 8.84. The fourth-order valence-electron chi connectivity index (χ4n) is 6.02. The van der Waals surface area contributed by atoms with Crippen LogP contribution in [0, 0.1) is 11.8 Å². The van der Waals surface area contributed by atoms with Gasteiger partial charge in [-0.15, -0.1) is 0 Å². The third kappa shape index (κ3) is 19.9. The average molecular weight is 879 g/mol. The van der Waals surface area contributed by atoms with E-state index in [1.165, 1.54) is 21.1 Å². The van der Waals surface area contributed by atoms with Crippen LogP contribution in [0.5, 0.6) is 0 Å². The van der Waals surface area contributed by atoms with Gasteiger partial charge in [-0.25, -0.2) is 26.3 Å². The second kappa shape index (κ2) is 22.3. The maximum Gasteiger partial charge on any atom is 0.397 e. The maximum atomic E-state index is 14.4. The Balaban J connectivity index is 6.21. The minimum atomic E-state index is -5.29. The van der Waals surface area contributed by atoms with E-state index in [2.05, 4.69) is 9.98 Å². The van der Waals surface area contributed by atoms with Gasteiger partial charge in [-0.05, 0) is 70.6 Å². The van der Waals surface area contributed by atoms with E-state index in [1.54, 1.807) is 13.5 Å². The Kier molecular flexibility index (Phi) is 21.9. The first-order chi connectivity index (χ1) is 24.9. The summed E-state index contributed by atoms with van der Waals surface area (Å²) in [6, 6.07) is 0.0783. The topological polar surface area (TPSA) is 102 Å². The summed E-state index contributed by atoms with van der Waals surface area (Å²) in [4.78, 5) is 7.59. The molecular formula is C32H58F12N2O6Si3. The van der Waals surface area contributed by atoms with Crippen LogP contribution in [0.25, 0.3) is 0 Å². The third-order valence-corrected chi connectivity index (χ3v) is 21.4. The van der Waals surface area contributed by atoms with Crippen LogP contribution in [0.2, 0.25) is 24.7 Å². The minimum absolute atomic E-state index is 0.00753. The molecule has 0 aromatic rings. The molecule has 5 atom stereocenters. The van der Waals surface area contributed by atoms with E-state index < -0.39 is 118 Å². The first kappa shape index (κ1) is 53.9. The highest BCUT2D eigenvalue weighted by Crippen LogP contribution is 2.39. The molecule has 0 rings (SSSR count). The molecule has 0 aliphatic heterocycles. The lowest BCUT2D eigenvalue weighted by atomic mass is 9.91. The maximum absolute atomic E-state index is 14.4. The fraction of sp³-hybridized carbons (Fsp3) is 0.938. The Morgan fingerprint density at radius 3 is 1.35 bits per heavy atom. The van der Waals surface area contributed by atoms with E-state index in [-0.39, 0.29) is 56.6 Å². The van der Waals surface area contributed by atoms with Crippen LogP contribution in [0.4, 0.5) is 52.7 Å². The summed E-state index contributed by atoms with van der Waals surface area (Å²) in [6.07, 6.45) is -15.7. The highest BCUT2D eigenvalue weighted by molar-refractivity contribution is 6.86. The molecule has 0 heterocycles. The first-order valence-electron chi connectivity index (χ1n) is 18.0. The molecule has 0 amide bonds. The molecule has 0 radical (unpaired) electrons. The van der Waals surface area contributed by atoms with Gasteiger partial charge in [0.05, 0.1) is 30.0 Å². The molecule has 0 saturated carbocycles. The van der Waals surface area contributed by atoms with Gasteiger partial charge in [-0.2, -0.15) is 26.3 Å². The molecule has 328 valence electrons. The molecule has 2 N–H and O–H groups in total. The number of hydrogen-bond donors (Lipinski definition) is 2. The lowest BCUT2D eigenvalue weighted by molar-refractivity contribution is -0.164. The second-order valence-electron chi connectivity index (χ2n) is 14.1. The van der Waals surface area contributed by atoms with Gasteiger partial charge in [0.15, 0.2) is 0 Å². The number of alkyl halides is 12. The van der Waals surface area contributed by atoms with Crippen molar-refractivity contribution in [3.8, 4) is 0 Å². The molecule has 0 aliphatic carbocycles. The van der Waals surface area contributed by atoms with Gasteiger partial charge in [0.25, 0.3) is 5.92 Å². The highest BCUT2D eigenvalue weighted by Gasteiger charge is 2.52. The molecule has 0 saturated heterocycles. The highest BCUT2D eigenvalue weighted by atomic mass is 28.5. The zero-order chi connectivity index (χ0) is 43.2. The van der Waals surface area contributed by atoms with E-state index >= 15 is 0 Å². The molecule has 8 nitrogen and oxygen atoms in total. The van der Waals surface area contributed by atoms with Gasteiger partial charge in [0.2, 0.25) is 11.8 Å². The van der Waals surface area contributed by atoms with Crippen LogP contribution in [-0.2, 0) is 17.1 Å². The Morgan fingerprint density at radius 1 is 0.636 bits per heavy atom. The molecular weight excluding hydrogens is 821 g/mol. The quantitative estimate of drug-likeness (QED) is 0.0352. The van der Waals surface area contributed by atoms with Crippen molar-refractivity contribution in [2.24, 2.45) is 21.8 Å². The van der Waals surface area contributed by atoms with Crippen molar-refractivity contribution >= 4 is 37.1 Å². The SMILES string of the molecule is CCC[Si](C)(O[Si](CO)(CCCN=C(CC)C(CCC(C)(F)F)C(F)(F)F)OC)O[Si](CO)(CCCN=C(C(CCC(C)(F)F)C(F)(F)F)C(C)(F)F)OC. The lowest BCUT2D eigenvalue weighted by Gasteiger charge is -2.42. The van der Waals surface area contributed by atoms with E-state index in [0.29, 0.717) is 20.3 Å². The zero-order valence-corrected chi connectivity index (χ0v) is 35.7. The van der Waals surface area contributed by atoms with Gasteiger partial charge in [-0.3, -0.25) is 9.98 Å². The van der Waals surface area contributed by atoms with Crippen LogP contribution in [0.3, 0.4) is 0 Å². The van der Waals surface area contributed by atoms with Gasteiger partial charge < -0.3 is 27.3 Å². The largest absolute Gasteiger partial charge is 0.414 e. The van der Waals surface area contributed by atoms with Crippen LogP contribution >= 0.6 is 0 Å². The van der Waals surface area contributed by atoms with Crippen molar-refractivity contribution < 1.29 is 80.0 Å². The predicted molar refractivity (Wildman–Crippen MR) is 192 cm³/mol. The Morgan fingerprint density at radius 2 is 1.04 bits per heavy atom. The predicted octanol–water partition coefficient (Wildman–Crippen LogP) is 9.70. The van der Waals surface area contributed by atoms with Gasteiger partial charge in [-0.1, -0.05) is 20.3 Å². The molecule has 23 heteroatoms. The molecule has 0 fully saturated rings. The molecule has 0 spiro atoms. The van der Waals surface area contributed by atoms with Gasteiger partial charge in [0, 0.05) is 52.8 Å². The fourth-order valence-corrected chi connectivity index (χ4v) is 19.0. The summed E-state index contributed by atoms with van der Waals surface area (Å²) in [6.45, 7) is 5.12. The molecule has 0 aromatic heterocycles. The number of hydrogen-bond acceptors (Lipinski definition) is 8. The monoisotopic (exact) mass is 878 g/mol. The van der Waals surface area contributed by atoms with Crippen molar-refractivity contribution in [1.29, 1.82) is 0 Å². The smallest absolute Gasteiger partial charge is 0.397 e. The zero-order valence-electron chi connectivity index (χ0n) is 32.7. The Hall–Kier alpha value is -1.09. The van der Waals surface area contributed by atoms with Crippen molar-refractivity contribution in [3.05, 3.63) is 0 Å². The minimum Gasteiger partial charge on any atom is -0.414 e. The van der Waals surface area contributed by atoms with Crippen molar-refractivity contribution in [2.75, 3.05) is 39.8 Å². The summed E-state index contributed by atoms with van der Waals surface area (Å²) in [5.74, 6) is -16.0. The number of halogens is 12. The molecule has 0 aromatic carbocycles. The molecule has 55 heavy (non-hydrogen) atoms. The summed E-state index contributed by atoms with van der Waals surface area (Å²) >= 11 is 0. The summed E-state index contributed by atoms with van der Waals surface area (Å²) in [5, 5.41) is 20.9. The first-order valence-corrected chi connectivity index (χ1v) is 25.0. The van der Waals surface area contributed by atoms with Crippen LogP contribution < -0.4 is 0 Å². The number of aliphatic imine (C=N–C) groups is 2. The van der Waals surface area contributed by atoms with E-state index in [9.17, 15) is 62.9 Å². The number of rotatable bonds is 28. The second-order valence-corrected chi connectivity index (χ2v) is 24.6. The van der Waals surface area contributed by atoms with Crippen LogP contribution in [0.1, 0.15) is 86.0 Å². The summed E-state index contributed by atoms with van der Waals surface area (Å²) in [5.41, 5.74) is -1.90. The van der Waals surface area contributed by atoms with Gasteiger partial charge >= 0.3 is 38.0 Å². The van der Waals surface area contributed by atoms with Crippen molar-refractivity contribution in [1.82, 2.24) is 0 Å². The normalized spacial score (nSPS) is 18.8. The Bertz CT molecular complexity index is 1170. The van der Waals surface area contributed by atoms with Crippen molar-refractivity contribution in [2.45, 2.75) is 141 Å². The Labute approximate surface area is 319 Å². The summed E-state index contributed by atoms with van der Waals surface area (Å²) in [7, 11) is -8.45. The number of aliphatic hydroxyl groups excluding tert-OH is 2. The molecule has 0 bridgehead atoms. The van der Waals surface area contributed by atoms with Gasteiger partial charge in [0.1, 0.15) is 0 Å². The number of aliphatic hydroxyl groups is 2. The van der Waals surface area contributed by atoms with Crippen molar-refractivity contribution in [3.63, 3.8) is 0 Å². The number of nitrogens with zero attached hydrogens (tertiary/aromatic N) is 2. The lowest BCUT2D eigenvalue weighted by Crippen LogP contribution is -2.61. The van der Waals surface area contributed by atoms with E-state index in [1.807, 2.05) is 0 Å². The standard InChI is InChI=1S/C32H58F12N2O6Si3/c1-9-19-53(8,51-54(22-47,49-6)20-11-17-45-26(10-2)24(31(39,40)41)13-15-28(3,33)34)52-55(23-48,50-7)21-12-18-46-27(30(5,37)38)25(32(42,43)44)14-16-29(4,35)36/h24-25,47-48H,9-23H2,1-8H3. The average Bonchev–Trinajstić information content (AvgIpc) is 3.03. The molecule has 5 unspecified atom stereocenters. The van der Waals surface area contributed by atoms with E-state index in [0.717, 1.165) is 0 Å². The van der Waals surface area contributed by atoms with Crippen LogP contribution in [-0.4, -0.2) is 117 Å². The molecule has 0 aliphatic rings.